The number of aromatic nitrogens is 10. The predicted octanol–water partition coefficient (Wildman–Crippen LogP) is 36.0. The van der Waals surface area contributed by atoms with Crippen LogP contribution in [0.5, 0.6) is 34.5 Å². The summed E-state index contributed by atoms with van der Waals surface area (Å²) in [6.45, 7) is 17.7. The van der Waals surface area contributed by atoms with Gasteiger partial charge in [-0.25, -0.2) is 49.8 Å². The number of hydrogen-bond acceptors (Lipinski definition) is 16. The van der Waals surface area contributed by atoms with Gasteiger partial charge in [0.2, 0.25) is 0 Å². The first kappa shape index (κ1) is 103. The van der Waals surface area contributed by atoms with Gasteiger partial charge in [-0.15, -0.1) is 0 Å². The molecule has 15 rings (SSSR count). The summed E-state index contributed by atoms with van der Waals surface area (Å²) in [6, 6.07) is 63.0. The van der Waals surface area contributed by atoms with Gasteiger partial charge in [0.15, 0.2) is 0 Å². The van der Waals surface area contributed by atoms with Gasteiger partial charge in [0, 0.05) is 22.3 Å². The van der Waals surface area contributed by atoms with E-state index in [1.807, 2.05) is 24.3 Å². The second kappa shape index (κ2) is 56.2. The smallest absolute Gasteiger partial charge is 0.120 e. The molecule has 140 heavy (non-hydrogen) atoms. The van der Waals surface area contributed by atoms with Crippen molar-refractivity contribution in [2.75, 3.05) is 39.6 Å². The highest BCUT2D eigenvalue weighted by atomic mass is 16.5. The van der Waals surface area contributed by atoms with Crippen LogP contribution in [0, 0.1) is 0 Å². The molecule has 738 valence electrons. The van der Waals surface area contributed by atoms with Gasteiger partial charge < -0.3 is 28.4 Å². The summed E-state index contributed by atoms with van der Waals surface area (Å²) in [6.07, 6.45) is 59.5. The molecule has 0 atom stereocenters. The van der Waals surface area contributed by atoms with E-state index in [-0.39, 0.29) is 0 Å². The van der Waals surface area contributed by atoms with E-state index in [0.717, 1.165) is 179 Å². The van der Waals surface area contributed by atoms with Gasteiger partial charge in [0.25, 0.3) is 0 Å². The van der Waals surface area contributed by atoms with Crippen molar-refractivity contribution in [2.45, 2.75) is 350 Å². The van der Waals surface area contributed by atoms with Crippen LogP contribution in [0.4, 0.5) is 0 Å². The first-order chi connectivity index (χ1) is 69.2. The van der Waals surface area contributed by atoms with Crippen LogP contribution in [0.15, 0.2) is 182 Å². The molecule has 0 amide bonds. The first-order valence-corrected chi connectivity index (χ1v) is 55.1. The normalized spacial score (nSPS) is 11.8. The van der Waals surface area contributed by atoms with Crippen LogP contribution >= 0.6 is 0 Å². The molecular weight excluding hydrogens is 1730 g/mol. The summed E-state index contributed by atoms with van der Waals surface area (Å²) in [5, 5.41) is 0. The van der Waals surface area contributed by atoms with E-state index < -0.39 is 0 Å². The van der Waals surface area contributed by atoms with Crippen LogP contribution in [0.2, 0.25) is 0 Å². The minimum absolute atomic E-state index is 0.515. The van der Waals surface area contributed by atoms with Gasteiger partial charge in [0.05, 0.1) is 118 Å². The Morgan fingerprint density at radius 2 is 0.279 bits per heavy atom. The van der Waals surface area contributed by atoms with Crippen molar-refractivity contribution in [3.05, 3.63) is 182 Å². The molecule has 0 bridgehead atoms. The number of nitrogens with zero attached hydrogens (tertiary/aromatic N) is 10. The molecule has 16 heteroatoms. The molecular formula is C124H156N10O6. The van der Waals surface area contributed by atoms with Gasteiger partial charge in [-0.1, -0.05) is 335 Å². The molecule has 0 radical (unpaired) electrons. The van der Waals surface area contributed by atoms with Gasteiger partial charge in [0.1, 0.15) is 67.6 Å². The van der Waals surface area contributed by atoms with Crippen molar-refractivity contribution in [1.82, 2.24) is 49.8 Å². The quantitative estimate of drug-likeness (QED) is 0.0199. The highest BCUT2D eigenvalue weighted by molar-refractivity contribution is 6.22. The van der Waals surface area contributed by atoms with Gasteiger partial charge in [-0.2, -0.15) is 0 Å². The molecule has 0 saturated carbocycles. The molecule has 16 nitrogen and oxygen atoms in total. The van der Waals surface area contributed by atoms with Crippen LogP contribution in [0.25, 0.3) is 156 Å². The Hall–Kier alpha value is -11.5. The summed E-state index contributed by atoms with van der Waals surface area (Å²) in [7, 11) is 0. The van der Waals surface area contributed by atoms with Crippen molar-refractivity contribution in [1.29, 1.82) is 0 Å². The van der Waals surface area contributed by atoms with E-state index in [9.17, 15) is 0 Å². The molecule has 0 saturated heterocycles. The average molecular weight is 1880 g/mol. The average Bonchev–Trinajstić information content (AvgIpc) is 0.710. The Morgan fingerprint density at radius 1 is 0.143 bits per heavy atom. The Balaban J connectivity index is 0.845. The molecule has 10 aromatic carbocycles. The third-order valence-electron chi connectivity index (χ3n) is 27.8. The van der Waals surface area contributed by atoms with Gasteiger partial charge in [-0.05, 0) is 219 Å². The zero-order valence-corrected chi connectivity index (χ0v) is 85.4. The molecule has 0 spiro atoms. The van der Waals surface area contributed by atoms with Gasteiger partial charge in [-0.3, -0.25) is 0 Å². The fraction of sp³-hybridized carbons (Fsp3) is 0.484. The minimum Gasteiger partial charge on any atom is -0.494 e. The molecule has 0 N–H and O–H groups in total. The van der Waals surface area contributed by atoms with E-state index in [1.165, 1.54) is 231 Å². The van der Waals surface area contributed by atoms with E-state index in [0.29, 0.717) is 128 Å². The fourth-order valence-electron chi connectivity index (χ4n) is 19.4. The lowest BCUT2D eigenvalue weighted by atomic mass is 9.93. The van der Waals surface area contributed by atoms with Gasteiger partial charge >= 0.3 is 0 Å². The lowest BCUT2D eigenvalue weighted by molar-refractivity contribution is 0.304. The Labute approximate surface area is 834 Å². The van der Waals surface area contributed by atoms with Crippen LogP contribution in [0.3, 0.4) is 0 Å². The van der Waals surface area contributed by atoms with Crippen LogP contribution in [0.1, 0.15) is 350 Å². The number of hydrogen-bond donors (Lipinski definition) is 0. The standard InChI is InChI=1S/C124H156N10O6/c1-7-13-19-25-31-37-43-49-79-135-97-67-55-91(56-68-97)103-85-105-106(86-104(103)92-57-69-98(70-58-92)136-80-50-44-38-32-26-20-14-8-2)130-120-119(129-105)121-123(133-113-89-109-107(87-111(113)131-121)125-115(93-59-71-99(72-60-93)137-81-51-45-39-33-27-21-15-9-3)117(127-109)95-63-75-101(76-64-95)139-83-53-47-41-35-29-23-17-11-5)124-122(120)132-112-88-108-110(90-114(112)134-124)128-118(96-65-77-102(78-66-96)140-84-54-48-42-36-30-24-18-12-6)116(126-108)94-61-73-100(74-62-94)138-82-52-46-40-34-28-22-16-10-4/h55-78,85-90H,7-54,79-84H2,1-6H3. The SMILES string of the molecule is CCCCCCCCCCOc1ccc(-c2cc3nc4c(nc3cc2-c2ccc(OCCCCCCCCCC)cc2)c2nc3cc5nc(-c6ccc(OCCCCCCCCCC)cc6)c(-c6ccc(OCCCCCCCCCC)cc6)nc5cc3nc2c2nc3cc5nc(-c6ccc(OCCCCCCCCCC)cc6)c(-c6ccc(OCCCCCCCCCC)cc6)nc5cc3nc42)cc1. The molecule has 15 aromatic rings. The maximum Gasteiger partial charge on any atom is 0.120 e. The van der Waals surface area contributed by atoms with Crippen molar-refractivity contribution in [2.24, 2.45) is 0 Å². The maximum atomic E-state index is 6.46. The zero-order chi connectivity index (χ0) is 96.3. The minimum atomic E-state index is 0.515. The lowest BCUT2D eigenvalue weighted by Gasteiger charge is -2.15. The number of rotatable bonds is 66. The third kappa shape index (κ3) is 29.8. The Morgan fingerprint density at radius 3 is 0.443 bits per heavy atom. The predicted molar refractivity (Wildman–Crippen MR) is 586 cm³/mol. The van der Waals surface area contributed by atoms with Crippen molar-refractivity contribution >= 4 is 88.3 Å². The molecule has 0 unspecified atom stereocenters. The number of fused-ring (bicyclic) bond motifs is 11. The van der Waals surface area contributed by atoms with Crippen LogP contribution in [-0.4, -0.2) is 89.5 Å². The first-order valence-electron chi connectivity index (χ1n) is 55.1. The summed E-state index contributed by atoms with van der Waals surface area (Å²) >= 11 is 0. The molecule has 0 aliphatic rings. The summed E-state index contributed by atoms with van der Waals surface area (Å²) in [5.41, 5.74) is 20.1. The molecule has 5 aromatic heterocycles. The zero-order valence-electron chi connectivity index (χ0n) is 85.4. The topological polar surface area (TPSA) is 184 Å². The second-order valence-electron chi connectivity index (χ2n) is 39.2. The summed E-state index contributed by atoms with van der Waals surface area (Å²) in [5.74, 6) is 5.01. The molecule has 5 heterocycles. The largest absolute Gasteiger partial charge is 0.494 e. The molecule has 0 fully saturated rings. The fourth-order valence-corrected chi connectivity index (χ4v) is 19.4. The van der Waals surface area contributed by atoms with Crippen LogP contribution < -0.4 is 28.4 Å². The van der Waals surface area contributed by atoms with E-state index in [4.69, 9.17) is 78.3 Å². The summed E-state index contributed by atoms with van der Waals surface area (Å²) < 4.78 is 38.6. The molecule has 0 aliphatic carbocycles. The van der Waals surface area contributed by atoms with Crippen molar-refractivity contribution < 1.29 is 28.4 Å². The monoisotopic (exact) mass is 1880 g/mol. The van der Waals surface area contributed by atoms with E-state index in [2.05, 4.69) is 199 Å². The highest BCUT2D eigenvalue weighted by Crippen LogP contribution is 2.43. The van der Waals surface area contributed by atoms with E-state index >= 15 is 0 Å². The number of benzene rings is 10. The highest BCUT2D eigenvalue weighted by Gasteiger charge is 2.25. The second-order valence-corrected chi connectivity index (χ2v) is 39.2. The summed E-state index contributed by atoms with van der Waals surface area (Å²) in [4.78, 5) is 56.8. The van der Waals surface area contributed by atoms with E-state index in [1.54, 1.807) is 0 Å². The lowest BCUT2D eigenvalue weighted by Crippen LogP contribution is -2.01. The third-order valence-corrected chi connectivity index (χ3v) is 27.8. The van der Waals surface area contributed by atoms with Crippen LogP contribution in [-0.2, 0) is 0 Å². The van der Waals surface area contributed by atoms with Crippen molar-refractivity contribution in [3.63, 3.8) is 0 Å². The Bertz CT molecular complexity index is 5910. The number of unbranched alkanes of at least 4 members (excludes halogenated alkanes) is 42. The van der Waals surface area contributed by atoms with Crippen molar-refractivity contribution in [3.8, 4) is 102 Å². The number of ether oxygens (including phenoxy) is 6. The maximum absolute atomic E-state index is 6.46. The Kier molecular flexibility index (Phi) is 41.3. The molecule has 0 aliphatic heterocycles.